The minimum atomic E-state index is -0.521. The van der Waals surface area contributed by atoms with Crippen molar-refractivity contribution in [2.45, 2.75) is 31.1 Å². The van der Waals surface area contributed by atoms with E-state index in [1.807, 2.05) is 36.4 Å². The molecule has 2 heterocycles. The highest BCUT2D eigenvalue weighted by molar-refractivity contribution is 5.96. The van der Waals surface area contributed by atoms with Crippen LogP contribution < -0.4 is 4.90 Å². The Hall–Kier alpha value is -3.02. The van der Waals surface area contributed by atoms with Crippen molar-refractivity contribution in [2.75, 3.05) is 11.9 Å². The van der Waals surface area contributed by atoms with Gasteiger partial charge in [-0.1, -0.05) is 23.4 Å². The maximum atomic E-state index is 12.8. The van der Waals surface area contributed by atoms with Gasteiger partial charge in [0.15, 0.2) is 0 Å². The van der Waals surface area contributed by atoms with Gasteiger partial charge < -0.3 is 9.42 Å². The molecular formula is C21H20N4O2. The monoisotopic (exact) mass is 360 g/mol. The van der Waals surface area contributed by atoms with Gasteiger partial charge in [0.1, 0.15) is 5.92 Å². The number of pyridine rings is 1. The fourth-order valence-corrected chi connectivity index (χ4v) is 3.67. The molecule has 0 radical (unpaired) electrons. The first kappa shape index (κ1) is 16.2. The van der Waals surface area contributed by atoms with Crippen LogP contribution in [-0.4, -0.2) is 28.1 Å². The number of aromatic nitrogens is 3. The van der Waals surface area contributed by atoms with Gasteiger partial charge in [-0.25, -0.2) is 0 Å². The van der Waals surface area contributed by atoms with Crippen LogP contribution in [0, 0.1) is 5.92 Å². The summed E-state index contributed by atoms with van der Waals surface area (Å²) in [5, 5.41) is 4.09. The molecule has 1 amide bonds. The number of likely N-dealkylation sites (N-methyl/N-ethyl adjacent to an activating group) is 1. The van der Waals surface area contributed by atoms with Gasteiger partial charge in [-0.2, -0.15) is 4.98 Å². The van der Waals surface area contributed by atoms with Gasteiger partial charge in [-0.3, -0.25) is 9.78 Å². The summed E-state index contributed by atoms with van der Waals surface area (Å²) in [7, 11) is 1.75. The fraction of sp³-hybridized carbons (Fsp3) is 0.333. The number of benzene rings is 1. The van der Waals surface area contributed by atoms with E-state index in [-0.39, 0.29) is 5.91 Å². The lowest BCUT2D eigenvalue weighted by Gasteiger charge is -2.19. The Morgan fingerprint density at radius 2 is 2.00 bits per heavy atom. The van der Waals surface area contributed by atoms with Crippen LogP contribution in [0.2, 0.25) is 0 Å². The highest BCUT2D eigenvalue weighted by Gasteiger charge is 2.71. The SMILES string of the molecule is CC(C(=O)N(C)c1ccccc1)c1nc(-c2ccnc(C34CC3C4)c2)no1. The van der Waals surface area contributed by atoms with Crippen molar-refractivity contribution < 1.29 is 9.32 Å². The topological polar surface area (TPSA) is 72.1 Å². The Labute approximate surface area is 157 Å². The molecule has 0 aliphatic heterocycles. The molecule has 2 aliphatic rings. The second kappa shape index (κ2) is 5.74. The largest absolute Gasteiger partial charge is 0.338 e. The van der Waals surface area contributed by atoms with Crippen LogP contribution >= 0.6 is 0 Å². The van der Waals surface area contributed by atoms with E-state index in [1.54, 1.807) is 25.1 Å². The van der Waals surface area contributed by atoms with Gasteiger partial charge in [-0.15, -0.1) is 0 Å². The Balaban J connectivity index is 1.36. The molecule has 1 unspecified atom stereocenters. The van der Waals surface area contributed by atoms with Crippen molar-refractivity contribution in [1.29, 1.82) is 0 Å². The normalized spacial score (nSPS) is 23.4. The Kier molecular flexibility index (Phi) is 3.44. The van der Waals surface area contributed by atoms with E-state index in [9.17, 15) is 4.79 Å². The number of fused-ring (bicyclic) bond motifs is 1. The van der Waals surface area contributed by atoms with Crippen LogP contribution in [-0.2, 0) is 10.2 Å². The second-order valence-corrected chi connectivity index (χ2v) is 7.60. The zero-order valence-electron chi connectivity index (χ0n) is 15.3. The minimum absolute atomic E-state index is 0.0930. The van der Waals surface area contributed by atoms with E-state index in [0.29, 0.717) is 17.1 Å². The van der Waals surface area contributed by atoms with Crippen LogP contribution in [0.15, 0.2) is 53.2 Å². The van der Waals surface area contributed by atoms with E-state index in [0.717, 1.165) is 22.9 Å². The second-order valence-electron chi connectivity index (χ2n) is 7.60. The third-order valence-corrected chi connectivity index (χ3v) is 5.87. The summed E-state index contributed by atoms with van der Waals surface area (Å²) in [4.78, 5) is 23.4. The van der Waals surface area contributed by atoms with Gasteiger partial charge in [0, 0.05) is 35.6 Å². The number of anilines is 1. The molecule has 2 aliphatic carbocycles. The third-order valence-electron chi connectivity index (χ3n) is 5.87. The van der Waals surface area contributed by atoms with Gasteiger partial charge in [0.25, 0.3) is 0 Å². The number of nitrogens with zero attached hydrogens (tertiary/aromatic N) is 4. The first-order valence-corrected chi connectivity index (χ1v) is 9.21. The lowest BCUT2D eigenvalue weighted by Crippen LogP contribution is -2.30. The lowest BCUT2D eigenvalue weighted by molar-refractivity contribution is -0.119. The Morgan fingerprint density at radius 3 is 2.70 bits per heavy atom. The van der Waals surface area contributed by atoms with Crippen molar-refractivity contribution in [3.63, 3.8) is 0 Å². The molecule has 3 aromatic rings. The Bertz CT molecular complexity index is 1010. The molecule has 6 heteroatoms. The molecular weight excluding hydrogens is 340 g/mol. The first-order valence-electron chi connectivity index (χ1n) is 9.21. The maximum absolute atomic E-state index is 12.8. The summed E-state index contributed by atoms with van der Waals surface area (Å²) < 4.78 is 5.41. The molecule has 2 fully saturated rings. The number of carbonyl (C=O) groups excluding carboxylic acids is 1. The van der Waals surface area contributed by atoms with Crippen molar-refractivity contribution >= 4 is 11.6 Å². The number of rotatable bonds is 5. The molecule has 5 rings (SSSR count). The van der Waals surface area contributed by atoms with E-state index in [1.165, 1.54) is 12.8 Å². The number of hydrogen-bond donors (Lipinski definition) is 0. The average Bonchev–Trinajstić information content (AvgIpc) is 3.53. The van der Waals surface area contributed by atoms with Gasteiger partial charge in [0.05, 0.1) is 0 Å². The zero-order valence-corrected chi connectivity index (χ0v) is 15.3. The number of carbonyl (C=O) groups is 1. The smallest absolute Gasteiger partial charge is 0.239 e. The summed E-state index contributed by atoms with van der Waals surface area (Å²) in [5.41, 5.74) is 3.18. The quantitative estimate of drug-likeness (QED) is 0.696. The lowest BCUT2D eigenvalue weighted by atomic mass is 10.1. The fourth-order valence-electron chi connectivity index (χ4n) is 3.67. The zero-order chi connectivity index (χ0) is 18.6. The molecule has 0 spiro atoms. The average molecular weight is 360 g/mol. The van der Waals surface area contributed by atoms with Gasteiger partial charge in [-0.05, 0) is 49.9 Å². The summed E-state index contributed by atoms with van der Waals surface area (Å²) in [6.45, 7) is 1.79. The molecule has 0 bridgehead atoms. The predicted molar refractivity (Wildman–Crippen MR) is 100 cm³/mol. The number of hydrogen-bond acceptors (Lipinski definition) is 5. The molecule has 0 saturated heterocycles. The summed E-state index contributed by atoms with van der Waals surface area (Å²) >= 11 is 0. The standard InChI is InChI=1S/C21H20N4O2/c1-13(20(26)25(2)16-6-4-3-5-7-16)19-23-18(24-27-19)14-8-9-22-17(10-14)21-11-15(21)12-21/h3-10,13,15H,11-12H2,1-2H3. The molecule has 1 atom stereocenters. The molecule has 2 aromatic heterocycles. The molecule has 27 heavy (non-hydrogen) atoms. The van der Waals surface area contributed by atoms with E-state index < -0.39 is 5.92 Å². The highest BCUT2D eigenvalue weighted by atomic mass is 16.5. The van der Waals surface area contributed by atoms with Crippen molar-refractivity contribution in [1.82, 2.24) is 15.1 Å². The van der Waals surface area contributed by atoms with Gasteiger partial charge >= 0.3 is 0 Å². The predicted octanol–water partition coefficient (Wildman–Crippen LogP) is 3.56. The number of para-hydroxylation sites is 1. The van der Waals surface area contributed by atoms with Crippen molar-refractivity contribution in [3.05, 3.63) is 60.2 Å². The molecule has 0 N–H and O–H groups in total. The van der Waals surface area contributed by atoms with E-state index in [4.69, 9.17) is 4.52 Å². The van der Waals surface area contributed by atoms with Crippen LogP contribution in [0.4, 0.5) is 5.69 Å². The minimum Gasteiger partial charge on any atom is -0.338 e. The van der Waals surface area contributed by atoms with Crippen molar-refractivity contribution in [2.24, 2.45) is 5.92 Å². The van der Waals surface area contributed by atoms with Crippen LogP contribution in [0.5, 0.6) is 0 Å². The van der Waals surface area contributed by atoms with Crippen molar-refractivity contribution in [3.8, 4) is 11.4 Å². The maximum Gasteiger partial charge on any atom is 0.239 e. The van der Waals surface area contributed by atoms with E-state index >= 15 is 0 Å². The van der Waals surface area contributed by atoms with Crippen LogP contribution in [0.3, 0.4) is 0 Å². The van der Waals surface area contributed by atoms with Crippen LogP contribution in [0.25, 0.3) is 11.4 Å². The van der Waals surface area contributed by atoms with Crippen LogP contribution in [0.1, 0.15) is 37.3 Å². The van der Waals surface area contributed by atoms with E-state index in [2.05, 4.69) is 21.2 Å². The van der Waals surface area contributed by atoms with Gasteiger partial charge in [0.2, 0.25) is 17.6 Å². The summed E-state index contributed by atoms with van der Waals surface area (Å²) in [6, 6.07) is 13.5. The first-order chi connectivity index (χ1) is 13.1. The Morgan fingerprint density at radius 1 is 1.26 bits per heavy atom. The highest BCUT2D eigenvalue weighted by Crippen LogP contribution is 2.75. The molecule has 136 valence electrons. The number of amides is 1. The molecule has 1 aromatic carbocycles. The molecule has 2 saturated carbocycles. The molecule has 6 nitrogen and oxygen atoms in total. The summed E-state index contributed by atoms with van der Waals surface area (Å²) in [5.74, 6) is 1.04. The summed E-state index contributed by atoms with van der Waals surface area (Å²) in [6.07, 6.45) is 4.30. The third kappa shape index (κ3) is 2.63.